The van der Waals surface area contributed by atoms with E-state index < -0.39 is 0 Å². The standard InChI is InChI=1S/C21H31NO5/c1-5-22-10-9-16-14(13-22)7-6-8-17(16)27-21(23)15-11-18(24-2)20(26-4)19(12-15)25-3/h11-12,14,16-17H,5-10,13H2,1-4H3/t14-,16+,17?/m0/s1. The summed E-state index contributed by atoms with van der Waals surface area (Å²) in [5, 5.41) is 0. The molecule has 1 aromatic carbocycles. The summed E-state index contributed by atoms with van der Waals surface area (Å²) >= 11 is 0. The van der Waals surface area contributed by atoms with E-state index in [-0.39, 0.29) is 12.1 Å². The molecule has 150 valence electrons. The molecule has 0 amide bonds. The summed E-state index contributed by atoms with van der Waals surface area (Å²) in [4.78, 5) is 15.4. The molecule has 0 bridgehead atoms. The van der Waals surface area contributed by atoms with Crippen molar-refractivity contribution in [3.8, 4) is 17.2 Å². The average Bonchev–Trinajstić information content (AvgIpc) is 2.72. The summed E-state index contributed by atoms with van der Waals surface area (Å²) in [5.41, 5.74) is 0.428. The Morgan fingerprint density at radius 2 is 1.78 bits per heavy atom. The summed E-state index contributed by atoms with van der Waals surface area (Å²) in [6, 6.07) is 3.31. The van der Waals surface area contributed by atoms with Crippen LogP contribution in [0.5, 0.6) is 17.2 Å². The highest BCUT2D eigenvalue weighted by atomic mass is 16.5. The third kappa shape index (κ3) is 4.15. The number of nitrogens with zero attached hydrogens (tertiary/aromatic N) is 1. The smallest absolute Gasteiger partial charge is 0.338 e. The van der Waals surface area contributed by atoms with Crippen LogP contribution in [0.25, 0.3) is 0 Å². The number of fused-ring (bicyclic) bond motifs is 1. The summed E-state index contributed by atoms with van der Waals surface area (Å²) in [6.45, 7) is 5.53. The highest BCUT2D eigenvalue weighted by Crippen LogP contribution is 2.40. The number of piperidine rings is 1. The lowest BCUT2D eigenvalue weighted by molar-refractivity contribution is -0.0377. The predicted octanol–water partition coefficient (Wildman–Crippen LogP) is 3.38. The number of rotatable bonds is 6. The van der Waals surface area contributed by atoms with Crippen LogP contribution in [-0.2, 0) is 4.74 Å². The van der Waals surface area contributed by atoms with Crippen molar-refractivity contribution in [3.63, 3.8) is 0 Å². The minimum Gasteiger partial charge on any atom is -0.493 e. The quantitative estimate of drug-likeness (QED) is 0.709. The molecule has 0 radical (unpaired) electrons. The van der Waals surface area contributed by atoms with Crippen LogP contribution in [0.15, 0.2) is 12.1 Å². The zero-order valence-corrected chi connectivity index (χ0v) is 16.8. The van der Waals surface area contributed by atoms with E-state index in [1.807, 2.05) is 0 Å². The molecular weight excluding hydrogens is 346 g/mol. The molecule has 27 heavy (non-hydrogen) atoms. The van der Waals surface area contributed by atoms with Gasteiger partial charge in [-0.3, -0.25) is 0 Å². The van der Waals surface area contributed by atoms with Gasteiger partial charge in [0.2, 0.25) is 5.75 Å². The van der Waals surface area contributed by atoms with Gasteiger partial charge < -0.3 is 23.8 Å². The van der Waals surface area contributed by atoms with Gasteiger partial charge in [-0.05, 0) is 56.8 Å². The van der Waals surface area contributed by atoms with Crippen molar-refractivity contribution >= 4 is 5.97 Å². The number of hydrogen-bond donors (Lipinski definition) is 0. The van der Waals surface area contributed by atoms with E-state index in [1.54, 1.807) is 33.5 Å². The van der Waals surface area contributed by atoms with E-state index in [0.29, 0.717) is 34.6 Å². The largest absolute Gasteiger partial charge is 0.493 e. The van der Waals surface area contributed by atoms with Gasteiger partial charge >= 0.3 is 5.97 Å². The molecule has 6 nitrogen and oxygen atoms in total. The second kappa shape index (κ2) is 8.83. The first-order chi connectivity index (χ1) is 13.1. The monoisotopic (exact) mass is 377 g/mol. The number of esters is 1. The first-order valence-corrected chi connectivity index (χ1v) is 9.84. The van der Waals surface area contributed by atoms with Crippen LogP contribution in [0, 0.1) is 11.8 Å². The van der Waals surface area contributed by atoms with Crippen molar-refractivity contribution < 1.29 is 23.7 Å². The van der Waals surface area contributed by atoms with Crippen LogP contribution >= 0.6 is 0 Å². The van der Waals surface area contributed by atoms with Gasteiger partial charge in [0.1, 0.15) is 6.10 Å². The lowest BCUT2D eigenvalue weighted by atomic mass is 9.73. The Labute approximate surface area is 161 Å². The third-order valence-corrected chi connectivity index (χ3v) is 6.02. The van der Waals surface area contributed by atoms with Crippen molar-refractivity contribution in [1.29, 1.82) is 0 Å². The maximum atomic E-state index is 12.9. The normalized spacial score (nSPS) is 25.4. The van der Waals surface area contributed by atoms with Gasteiger partial charge in [0.05, 0.1) is 26.9 Å². The Hall–Kier alpha value is -1.95. The van der Waals surface area contributed by atoms with Gasteiger partial charge in [0.15, 0.2) is 11.5 Å². The van der Waals surface area contributed by atoms with Crippen molar-refractivity contribution in [3.05, 3.63) is 17.7 Å². The fraction of sp³-hybridized carbons (Fsp3) is 0.667. The minimum absolute atomic E-state index is 0.00523. The molecule has 1 heterocycles. The molecule has 3 rings (SSSR count). The topological polar surface area (TPSA) is 57.2 Å². The molecule has 6 heteroatoms. The lowest BCUT2D eigenvalue weighted by Crippen LogP contribution is -2.47. The van der Waals surface area contributed by atoms with E-state index in [2.05, 4.69) is 11.8 Å². The molecule has 0 N–H and O–H groups in total. The van der Waals surface area contributed by atoms with E-state index in [1.165, 1.54) is 6.42 Å². The summed E-state index contributed by atoms with van der Waals surface area (Å²) in [7, 11) is 4.63. The second-order valence-corrected chi connectivity index (χ2v) is 7.39. The number of methoxy groups -OCH3 is 3. The van der Waals surface area contributed by atoms with Crippen molar-refractivity contribution in [2.45, 2.75) is 38.7 Å². The summed E-state index contributed by atoms with van der Waals surface area (Å²) < 4.78 is 22.0. The fourth-order valence-corrected chi connectivity index (χ4v) is 4.55. The van der Waals surface area contributed by atoms with Crippen LogP contribution in [0.3, 0.4) is 0 Å². The molecule has 1 aliphatic heterocycles. The van der Waals surface area contributed by atoms with Crippen LogP contribution in [-0.4, -0.2) is 57.9 Å². The Bertz CT molecular complexity index is 637. The van der Waals surface area contributed by atoms with Crippen LogP contribution < -0.4 is 14.2 Å². The Morgan fingerprint density at radius 1 is 1.07 bits per heavy atom. The van der Waals surface area contributed by atoms with E-state index in [9.17, 15) is 4.79 Å². The lowest BCUT2D eigenvalue weighted by Gasteiger charge is -2.44. The molecule has 2 fully saturated rings. The molecule has 0 spiro atoms. The highest BCUT2D eigenvalue weighted by molar-refractivity contribution is 5.91. The predicted molar refractivity (Wildman–Crippen MR) is 103 cm³/mol. The van der Waals surface area contributed by atoms with E-state index in [0.717, 1.165) is 38.9 Å². The van der Waals surface area contributed by atoms with Crippen LogP contribution in [0.1, 0.15) is 43.0 Å². The van der Waals surface area contributed by atoms with Gasteiger partial charge in [0.25, 0.3) is 0 Å². The molecule has 1 aliphatic carbocycles. The first-order valence-electron chi connectivity index (χ1n) is 9.84. The molecular formula is C21H31NO5. The van der Waals surface area contributed by atoms with Gasteiger partial charge in [-0.15, -0.1) is 0 Å². The minimum atomic E-state index is -0.321. The molecule has 1 unspecified atom stereocenters. The average molecular weight is 377 g/mol. The molecule has 1 saturated carbocycles. The zero-order valence-electron chi connectivity index (χ0n) is 16.8. The fourth-order valence-electron chi connectivity index (χ4n) is 4.55. The summed E-state index contributed by atoms with van der Waals surface area (Å²) in [6.07, 6.45) is 4.40. The number of carbonyl (C=O) groups is 1. The highest BCUT2D eigenvalue weighted by Gasteiger charge is 2.39. The van der Waals surface area contributed by atoms with Gasteiger partial charge in [-0.2, -0.15) is 0 Å². The number of likely N-dealkylation sites (tertiary alicyclic amines) is 1. The van der Waals surface area contributed by atoms with Crippen LogP contribution in [0.2, 0.25) is 0 Å². The number of carbonyl (C=O) groups excluding carboxylic acids is 1. The van der Waals surface area contributed by atoms with Gasteiger partial charge in [-0.1, -0.05) is 6.92 Å². The number of benzene rings is 1. The van der Waals surface area contributed by atoms with Crippen LogP contribution in [0.4, 0.5) is 0 Å². The zero-order chi connectivity index (χ0) is 19.4. The Morgan fingerprint density at radius 3 is 2.37 bits per heavy atom. The molecule has 1 aromatic rings. The van der Waals surface area contributed by atoms with E-state index >= 15 is 0 Å². The third-order valence-electron chi connectivity index (χ3n) is 6.02. The van der Waals surface area contributed by atoms with Gasteiger partial charge in [-0.25, -0.2) is 4.79 Å². The van der Waals surface area contributed by atoms with Crippen molar-refractivity contribution in [1.82, 2.24) is 4.90 Å². The number of hydrogen-bond acceptors (Lipinski definition) is 6. The molecule has 2 aliphatic rings. The Balaban J connectivity index is 1.75. The summed E-state index contributed by atoms with van der Waals surface area (Å²) in [5.74, 6) is 2.17. The molecule has 1 saturated heterocycles. The molecule has 3 atom stereocenters. The van der Waals surface area contributed by atoms with E-state index in [4.69, 9.17) is 18.9 Å². The second-order valence-electron chi connectivity index (χ2n) is 7.39. The maximum Gasteiger partial charge on any atom is 0.338 e. The molecule has 0 aromatic heterocycles. The van der Waals surface area contributed by atoms with Crippen molar-refractivity contribution in [2.24, 2.45) is 11.8 Å². The van der Waals surface area contributed by atoms with Crippen molar-refractivity contribution in [2.75, 3.05) is 41.0 Å². The first kappa shape index (κ1) is 19.8. The maximum absolute atomic E-state index is 12.9. The number of ether oxygens (including phenoxy) is 4. The SMILES string of the molecule is CCN1CC[C@H]2C(OC(=O)c3cc(OC)c(OC)c(OC)c3)CCC[C@H]2C1. The van der Waals surface area contributed by atoms with Gasteiger partial charge in [0, 0.05) is 12.5 Å². The Kier molecular flexibility index (Phi) is 6.47.